The van der Waals surface area contributed by atoms with Crippen LogP contribution < -0.4 is 21.5 Å². The summed E-state index contributed by atoms with van der Waals surface area (Å²) in [5.41, 5.74) is 12.6. The highest BCUT2D eigenvalue weighted by molar-refractivity contribution is 5.86. The van der Waals surface area contributed by atoms with Crippen molar-refractivity contribution in [1.82, 2.24) is 15.8 Å². The third kappa shape index (κ3) is 4.25. The van der Waals surface area contributed by atoms with Gasteiger partial charge in [-0.3, -0.25) is 20.4 Å². The molecule has 2 aliphatic rings. The van der Waals surface area contributed by atoms with Gasteiger partial charge in [-0.15, -0.1) is 0 Å². The Hall–Kier alpha value is -2.77. The van der Waals surface area contributed by atoms with Crippen LogP contribution in [0.1, 0.15) is 24.8 Å². The van der Waals surface area contributed by atoms with Gasteiger partial charge >= 0.3 is 6.03 Å². The van der Waals surface area contributed by atoms with Crippen LogP contribution in [0.2, 0.25) is 0 Å². The third-order valence-electron chi connectivity index (χ3n) is 4.97. The van der Waals surface area contributed by atoms with Crippen molar-refractivity contribution in [2.45, 2.75) is 25.7 Å². The number of fused-ring (bicyclic) bond motifs is 1. The highest BCUT2D eigenvalue weighted by atomic mass is 16.2. The molecule has 4 amide bonds. The van der Waals surface area contributed by atoms with Crippen LogP contribution in [0.5, 0.6) is 0 Å². The highest BCUT2D eigenvalue weighted by Gasteiger charge is 2.28. The van der Waals surface area contributed by atoms with Crippen LogP contribution in [0.15, 0.2) is 24.3 Å². The zero-order valence-electron chi connectivity index (χ0n) is 14.7. The van der Waals surface area contributed by atoms with Crippen molar-refractivity contribution in [2.24, 2.45) is 11.7 Å². The predicted octanol–water partition coefficient (Wildman–Crippen LogP) is 0.377. The van der Waals surface area contributed by atoms with Gasteiger partial charge in [0.2, 0.25) is 5.91 Å². The Balaban J connectivity index is 1.49. The first-order valence-corrected chi connectivity index (χ1v) is 9.00. The second-order valence-corrected chi connectivity index (χ2v) is 6.81. The van der Waals surface area contributed by atoms with Crippen molar-refractivity contribution in [3.05, 3.63) is 29.8 Å². The van der Waals surface area contributed by atoms with Gasteiger partial charge in [-0.05, 0) is 37.3 Å². The summed E-state index contributed by atoms with van der Waals surface area (Å²) in [6.45, 7) is 1.86. The van der Waals surface area contributed by atoms with E-state index in [0.717, 1.165) is 31.5 Å². The molecule has 26 heavy (non-hydrogen) atoms. The first kappa shape index (κ1) is 18.0. The first-order chi connectivity index (χ1) is 12.5. The predicted molar refractivity (Wildman–Crippen MR) is 97.1 cm³/mol. The number of rotatable bonds is 3. The van der Waals surface area contributed by atoms with E-state index in [9.17, 15) is 14.4 Å². The molecule has 1 aromatic rings. The van der Waals surface area contributed by atoms with Crippen molar-refractivity contribution < 1.29 is 14.4 Å². The summed E-state index contributed by atoms with van der Waals surface area (Å²) in [7, 11) is 0. The average molecular weight is 359 g/mol. The average Bonchev–Trinajstić information content (AvgIpc) is 2.66. The van der Waals surface area contributed by atoms with Crippen molar-refractivity contribution in [3.8, 4) is 0 Å². The number of hydrazine groups is 1. The Labute approximate surface area is 152 Å². The molecule has 8 nitrogen and oxygen atoms in total. The number of nitrogens with one attached hydrogen (secondary N) is 2. The fraction of sp³-hybridized carbons (Fsp3) is 0.500. The van der Waals surface area contributed by atoms with Crippen LogP contribution in [0.3, 0.4) is 0 Å². The smallest absolute Gasteiger partial charge is 0.314 e. The van der Waals surface area contributed by atoms with E-state index < -0.39 is 6.03 Å². The van der Waals surface area contributed by atoms with E-state index in [0.29, 0.717) is 13.0 Å². The number of likely N-dealkylation sites (tertiary alicyclic amines) is 1. The molecule has 1 aromatic carbocycles. The highest BCUT2D eigenvalue weighted by Crippen LogP contribution is 2.26. The van der Waals surface area contributed by atoms with Crippen LogP contribution in [0.4, 0.5) is 10.5 Å². The molecule has 1 atom stereocenters. The van der Waals surface area contributed by atoms with Gasteiger partial charge in [0.1, 0.15) is 0 Å². The molecule has 1 saturated heterocycles. The number of carbonyl (C=O) groups excluding carboxylic acids is 3. The van der Waals surface area contributed by atoms with Gasteiger partial charge in [0.15, 0.2) is 0 Å². The topological polar surface area (TPSA) is 108 Å². The van der Waals surface area contributed by atoms with Gasteiger partial charge in [0, 0.05) is 25.3 Å². The van der Waals surface area contributed by atoms with Gasteiger partial charge < -0.3 is 15.5 Å². The molecule has 0 saturated carbocycles. The molecular weight excluding hydrogens is 334 g/mol. The molecule has 4 N–H and O–H groups in total. The van der Waals surface area contributed by atoms with Crippen molar-refractivity contribution >= 4 is 23.5 Å². The van der Waals surface area contributed by atoms with Gasteiger partial charge in [0.05, 0.1) is 12.5 Å². The number of urea groups is 1. The van der Waals surface area contributed by atoms with Gasteiger partial charge in [-0.2, -0.15) is 0 Å². The number of benzene rings is 1. The van der Waals surface area contributed by atoms with Crippen LogP contribution in [-0.2, 0) is 16.0 Å². The first-order valence-electron chi connectivity index (χ1n) is 9.00. The van der Waals surface area contributed by atoms with Crippen LogP contribution >= 0.6 is 0 Å². The summed E-state index contributed by atoms with van der Waals surface area (Å²) in [5, 5.41) is 0. The maximum Gasteiger partial charge on any atom is 0.314 e. The second kappa shape index (κ2) is 8.07. The Kier molecular flexibility index (Phi) is 5.60. The molecule has 0 radical (unpaired) electrons. The Bertz CT molecular complexity index is 693. The summed E-state index contributed by atoms with van der Waals surface area (Å²) < 4.78 is 0. The maximum atomic E-state index is 12.2. The van der Waals surface area contributed by atoms with E-state index in [-0.39, 0.29) is 30.8 Å². The molecule has 140 valence electrons. The lowest BCUT2D eigenvalue weighted by Crippen LogP contribution is -2.52. The van der Waals surface area contributed by atoms with Crippen LogP contribution in [0, 0.1) is 5.92 Å². The van der Waals surface area contributed by atoms with E-state index in [4.69, 9.17) is 5.73 Å². The Morgan fingerprint density at radius 1 is 1.12 bits per heavy atom. The number of hydrogen-bond donors (Lipinski definition) is 3. The summed E-state index contributed by atoms with van der Waals surface area (Å²) in [4.78, 5) is 39.2. The number of anilines is 1. The molecular formula is C18H25N5O3. The molecule has 0 aromatic heterocycles. The van der Waals surface area contributed by atoms with Crippen molar-refractivity contribution in [1.29, 1.82) is 0 Å². The number of carbonyl (C=O) groups is 3. The number of piperidine rings is 1. The number of aryl methyl sites for hydroxylation is 1. The Morgan fingerprint density at radius 2 is 1.92 bits per heavy atom. The number of para-hydroxylation sites is 1. The molecule has 0 unspecified atom stereocenters. The molecule has 1 fully saturated rings. The fourth-order valence-electron chi connectivity index (χ4n) is 3.61. The minimum Gasteiger partial charge on any atom is -0.362 e. The van der Waals surface area contributed by atoms with Crippen LogP contribution in [-0.4, -0.2) is 48.9 Å². The Morgan fingerprint density at radius 3 is 2.73 bits per heavy atom. The van der Waals surface area contributed by atoms with Crippen LogP contribution in [0.25, 0.3) is 0 Å². The molecule has 0 bridgehead atoms. The lowest BCUT2D eigenvalue weighted by atomic mass is 9.98. The number of hydrogen-bond acceptors (Lipinski definition) is 4. The molecule has 0 spiro atoms. The monoisotopic (exact) mass is 359 g/mol. The standard InChI is InChI=1S/C18H25N5O3/c19-18(26)23-10-4-7-14(11-23)17(25)21-20-16(24)12-22-9-3-6-13-5-1-2-8-15(13)22/h1-2,5,8,14H,3-4,6-7,9-12H2,(H2,19,26)(H,20,24)(H,21,25)/t14-/m1/s1. The third-order valence-corrected chi connectivity index (χ3v) is 4.97. The van der Waals surface area contributed by atoms with Gasteiger partial charge in [-0.1, -0.05) is 18.2 Å². The number of nitrogens with two attached hydrogens (primary N) is 1. The normalized spacial score (nSPS) is 19.5. The number of nitrogens with zero attached hydrogens (tertiary/aromatic N) is 2. The van der Waals surface area contributed by atoms with Crippen molar-refractivity contribution in [3.63, 3.8) is 0 Å². The van der Waals surface area contributed by atoms with E-state index in [1.807, 2.05) is 23.1 Å². The SMILES string of the molecule is NC(=O)N1CCC[C@@H](C(=O)NNC(=O)CN2CCCc3ccccc32)C1. The largest absolute Gasteiger partial charge is 0.362 e. The minimum absolute atomic E-state index is 0.190. The van der Waals surface area contributed by atoms with Gasteiger partial charge in [-0.25, -0.2) is 4.79 Å². The zero-order valence-corrected chi connectivity index (χ0v) is 14.7. The van der Waals surface area contributed by atoms with Gasteiger partial charge in [0.25, 0.3) is 5.91 Å². The summed E-state index contributed by atoms with van der Waals surface area (Å²) in [6, 6.07) is 7.54. The fourth-order valence-corrected chi connectivity index (χ4v) is 3.61. The second-order valence-electron chi connectivity index (χ2n) is 6.81. The number of primary amides is 1. The van der Waals surface area contributed by atoms with E-state index in [1.165, 1.54) is 10.5 Å². The molecule has 2 heterocycles. The molecule has 2 aliphatic heterocycles. The summed E-state index contributed by atoms with van der Waals surface area (Å²) in [5.74, 6) is -0.909. The zero-order chi connectivity index (χ0) is 18.5. The minimum atomic E-state index is -0.518. The summed E-state index contributed by atoms with van der Waals surface area (Å²) >= 11 is 0. The lowest BCUT2D eigenvalue weighted by molar-refractivity contribution is -0.131. The molecule has 8 heteroatoms. The molecule has 3 rings (SSSR count). The van der Waals surface area contributed by atoms with E-state index in [2.05, 4.69) is 16.9 Å². The number of amides is 4. The van der Waals surface area contributed by atoms with Crippen molar-refractivity contribution in [2.75, 3.05) is 31.1 Å². The molecule has 0 aliphatic carbocycles. The maximum absolute atomic E-state index is 12.2. The lowest BCUT2D eigenvalue weighted by Gasteiger charge is -2.31. The van der Waals surface area contributed by atoms with E-state index in [1.54, 1.807) is 0 Å². The summed E-state index contributed by atoms with van der Waals surface area (Å²) in [6.07, 6.45) is 3.41. The van der Waals surface area contributed by atoms with E-state index >= 15 is 0 Å². The quantitative estimate of drug-likeness (QED) is 0.678.